The van der Waals surface area contributed by atoms with Gasteiger partial charge in [-0.15, -0.1) is 0 Å². The molecule has 1 aliphatic heterocycles. The standard InChI is InChI=1S/C12H17N5O2S/c1-9(18)16-4-6-17(7-5-16)10(19)8-20-12-11(13)14-2-3-15-12/h2-3H,4-8H2,1H3,(H2,13,14). The van der Waals surface area contributed by atoms with E-state index in [1.54, 1.807) is 22.9 Å². The van der Waals surface area contributed by atoms with E-state index in [0.29, 0.717) is 37.0 Å². The van der Waals surface area contributed by atoms with Crippen LogP contribution in [0.1, 0.15) is 6.92 Å². The molecule has 8 heteroatoms. The first-order valence-electron chi connectivity index (χ1n) is 6.30. The number of anilines is 1. The number of amides is 2. The molecule has 20 heavy (non-hydrogen) atoms. The highest BCUT2D eigenvalue weighted by molar-refractivity contribution is 8.00. The van der Waals surface area contributed by atoms with Crippen LogP contribution >= 0.6 is 11.8 Å². The topological polar surface area (TPSA) is 92.4 Å². The number of hydrogen-bond donors (Lipinski definition) is 1. The van der Waals surface area contributed by atoms with Gasteiger partial charge in [-0.25, -0.2) is 9.97 Å². The minimum Gasteiger partial charge on any atom is -0.381 e. The van der Waals surface area contributed by atoms with E-state index >= 15 is 0 Å². The third-order valence-electron chi connectivity index (χ3n) is 3.10. The summed E-state index contributed by atoms with van der Waals surface area (Å²) in [6.45, 7) is 3.89. The van der Waals surface area contributed by atoms with Gasteiger partial charge in [0.25, 0.3) is 0 Å². The van der Waals surface area contributed by atoms with Crippen LogP contribution < -0.4 is 5.73 Å². The van der Waals surface area contributed by atoms with Crippen LogP contribution in [0.3, 0.4) is 0 Å². The van der Waals surface area contributed by atoms with E-state index in [1.807, 2.05) is 0 Å². The average molecular weight is 295 g/mol. The van der Waals surface area contributed by atoms with Crippen LogP contribution in [0.15, 0.2) is 17.4 Å². The quantitative estimate of drug-likeness (QED) is 0.779. The summed E-state index contributed by atoms with van der Waals surface area (Å²) < 4.78 is 0. The molecular weight excluding hydrogens is 278 g/mol. The predicted molar refractivity (Wildman–Crippen MR) is 76.0 cm³/mol. The van der Waals surface area contributed by atoms with Crippen LogP contribution in [0, 0.1) is 0 Å². The van der Waals surface area contributed by atoms with Gasteiger partial charge in [-0.3, -0.25) is 9.59 Å². The van der Waals surface area contributed by atoms with Crippen LogP contribution in [0.5, 0.6) is 0 Å². The van der Waals surface area contributed by atoms with Crippen LogP contribution in [0.4, 0.5) is 5.82 Å². The van der Waals surface area contributed by atoms with E-state index in [-0.39, 0.29) is 17.6 Å². The minimum absolute atomic E-state index is 0.0308. The number of thioether (sulfide) groups is 1. The molecule has 0 spiro atoms. The van der Waals surface area contributed by atoms with Crippen molar-refractivity contribution in [3.63, 3.8) is 0 Å². The van der Waals surface area contributed by atoms with Gasteiger partial charge < -0.3 is 15.5 Å². The maximum absolute atomic E-state index is 12.1. The van der Waals surface area contributed by atoms with Gasteiger partial charge >= 0.3 is 0 Å². The Morgan fingerprint density at radius 1 is 1.20 bits per heavy atom. The summed E-state index contributed by atoms with van der Waals surface area (Å²) >= 11 is 1.29. The number of nitrogens with zero attached hydrogens (tertiary/aromatic N) is 4. The zero-order valence-corrected chi connectivity index (χ0v) is 12.1. The first-order chi connectivity index (χ1) is 9.58. The molecule has 1 aromatic heterocycles. The summed E-state index contributed by atoms with van der Waals surface area (Å²) in [6.07, 6.45) is 3.07. The van der Waals surface area contributed by atoms with Gasteiger partial charge in [-0.1, -0.05) is 11.8 Å². The SMILES string of the molecule is CC(=O)N1CCN(C(=O)CSc2nccnc2N)CC1. The van der Waals surface area contributed by atoms with Crippen molar-refractivity contribution < 1.29 is 9.59 Å². The molecule has 1 fully saturated rings. The highest BCUT2D eigenvalue weighted by Gasteiger charge is 2.22. The van der Waals surface area contributed by atoms with Crippen LogP contribution in [-0.2, 0) is 9.59 Å². The van der Waals surface area contributed by atoms with Crippen molar-refractivity contribution in [2.75, 3.05) is 37.7 Å². The Labute approximate surface area is 121 Å². The summed E-state index contributed by atoms with van der Waals surface area (Å²) in [5.41, 5.74) is 5.67. The Balaban J connectivity index is 1.82. The van der Waals surface area contributed by atoms with Crippen molar-refractivity contribution in [1.29, 1.82) is 0 Å². The number of rotatable bonds is 3. The molecule has 0 radical (unpaired) electrons. The van der Waals surface area contributed by atoms with Crippen molar-refractivity contribution in [3.05, 3.63) is 12.4 Å². The molecule has 1 saturated heterocycles. The molecule has 1 aliphatic rings. The van der Waals surface area contributed by atoms with Crippen molar-refractivity contribution in [2.45, 2.75) is 11.9 Å². The van der Waals surface area contributed by atoms with Crippen LogP contribution in [0.25, 0.3) is 0 Å². The summed E-state index contributed by atoms with van der Waals surface area (Å²) in [7, 11) is 0. The molecule has 0 aliphatic carbocycles. The molecule has 2 rings (SSSR count). The largest absolute Gasteiger partial charge is 0.381 e. The molecule has 0 unspecified atom stereocenters. The van der Waals surface area contributed by atoms with E-state index in [1.165, 1.54) is 18.0 Å². The molecule has 0 aromatic carbocycles. The van der Waals surface area contributed by atoms with Crippen LogP contribution in [0.2, 0.25) is 0 Å². The Kier molecular flexibility index (Phi) is 4.78. The van der Waals surface area contributed by atoms with Crippen molar-refractivity contribution in [1.82, 2.24) is 19.8 Å². The zero-order valence-electron chi connectivity index (χ0n) is 11.3. The average Bonchev–Trinajstić information content (AvgIpc) is 2.46. The lowest BCUT2D eigenvalue weighted by Crippen LogP contribution is -2.50. The van der Waals surface area contributed by atoms with Crippen molar-refractivity contribution >= 4 is 29.4 Å². The maximum Gasteiger partial charge on any atom is 0.233 e. The Morgan fingerprint density at radius 2 is 1.80 bits per heavy atom. The molecule has 7 nitrogen and oxygen atoms in total. The molecule has 2 heterocycles. The Bertz CT molecular complexity index is 502. The highest BCUT2D eigenvalue weighted by Crippen LogP contribution is 2.20. The first-order valence-corrected chi connectivity index (χ1v) is 7.29. The van der Waals surface area contributed by atoms with E-state index in [9.17, 15) is 9.59 Å². The molecule has 2 N–H and O–H groups in total. The summed E-state index contributed by atoms with van der Waals surface area (Å²) in [5.74, 6) is 0.705. The van der Waals surface area contributed by atoms with Gasteiger partial charge in [0.1, 0.15) is 5.03 Å². The van der Waals surface area contributed by atoms with E-state index < -0.39 is 0 Å². The minimum atomic E-state index is 0.0308. The Morgan fingerprint density at radius 3 is 2.40 bits per heavy atom. The summed E-state index contributed by atoms with van der Waals surface area (Å²) in [6, 6.07) is 0. The third kappa shape index (κ3) is 3.60. The van der Waals surface area contributed by atoms with Gasteiger partial charge in [0.05, 0.1) is 5.75 Å². The second-order valence-electron chi connectivity index (χ2n) is 4.42. The van der Waals surface area contributed by atoms with E-state index in [0.717, 1.165) is 0 Å². The predicted octanol–water partition coefficient (Wildman–Crippen LogP) is -0.158. The lowest BCUT2D eigenvalue weighted by Gasteiger charge is -2.34. The number of aromatic nitrogens is 2. The number of nitrogens with two attached hydrogens (primary N) is 1. The molecule has 0 bridgehead atoms. The third-order valence-corrected chi connectivity index (χ3v) is 4.08. The van der Waals surface area contributed by atoms with Crippen molar-refractivity contribution in [3.8, 4) is 0 Å². The summed E-state index contributed by atoms with van der Waals surface area (Å²) in [4.78, 5) is 34.8. The van der Waals surface area contributed by atoms with Gasteiger partial charge in [0.2, 0.25) is 11.8 Å². The van der Waals surface area contributed by atoms with Gasteiger partial charge in [-0.2, -0.15) is 0 Å². The van der Waals surface area contributed by atoms with Gasteiger partial charge in [0, 0.05) is 45.5 Å². The fraction of sp³-hybridized carbons (Fsp3) is 0.500. The number of piperazine rings is 1. The second kappa shape index (κ2) is 6.56. The zero-order chi connectivity index (χ0) is 14.5. The Hall–Kier alpha value is -1.83. The molecular formula is C12H17N5O2S. The molecule has 2 amide bonds. The van der Waals surface area contributed by atoms with E-state index in [2.05, 4.69) is 9.97 Å². The first kappa shape index (κ1) is 14.6. The molecule has 1 aromatic rings. The maximum atomic E-state index is 12.1. The normalized spacial score (nSPS) is 15.2. The molecule has 0 saturated carbocycles. The lowest BCUT2D eigenvalue weighted by atomic mass is 10.3. The monoisotopic (exact) mass is 295 g/mol. The van der Waals surface area contributed by atoms with E-state index in [4.69, 9.17) is 5.73 Å². The van der Waals surface area contributed by atoms with Gasteiger partial charge in [0.15, 0.2) is 5.82 Å². The molecule has 108 valence electrons. The smallest absolute Gasteiger partial charge is 0.233 e. The second-order valence-corrected chi connectivity index (χ2v) is 5.39. The lowest BCUT2D eigenvalue weighted by molar-refractivity contribution is -0.136. The molecule has 0 atom stereocenters. The summed E-state index contributed by atoms with van der Waals surface area (Å²) in [5, 5.41) is 0.572. The van der Waals surface area contributed by atoms with Gasteiger partial charge in [-0.05, 0) is 0 Å². The van der Waals surface area contributed by atoms with Crippen LogP contribution in [-0.4, -0.2) is 63.5 Å². The number of nitrogen functional groups attached to an aromatic ring is 1. The van der Waals surface area contributed by atoms with Crippen molar-refractivity contribution in [2.24, 2.45) is 0 Å². The fourth-order valence-electron chi connectivity index (χ4n) is 1.94. The fourth-order valence-corrected chi connectivity index (χ4v) is 2.72. The number of hydrogen-bond acceptors (Lipinski definition) is 6. The highest BCUT2D eigenvalue weighted by atomic mass is 32.2. The number of carbonyl (C=O) groups is 2. The number of carbonyl (C=O) groups excluding carboxylic acids is 2.